The van der Waals surface area contributed by atoms with Crippen molar-refractivity contribution in [2.75, 3.05) is 19.0 Å². The Balaban J connectivity index is 1.79. The quantitative estimate of drug-likeness (QED) is 0.708. The molecule has 1 aromatic heterocycles. The molecule has 0 aliphatic rings. The van der Waals surface area contributed by atoms with Crippen LogP contribution in [0.2, 0.25) is 0 Å². The van der Waals surface area contributed by atoms with Gasteiger partial charge in [-0.1, -0.05) is 12.1 Å². The van der Waals surface area contributed by atoms with E-state index in [0.29, 0.717) is 19.0 Å². The Hall–Kier alpha value is -3.28. The van der Waals surface area contributed by atoms with Crippen LogP contribution >= 0.6 is 0 Å². The Morgan fingerprint density at radius 2 is 1.92 bits per heavy atom. The van der Waals surface area contributed by atoms with Crippen molar-refractivity contribution >= 4 is 5.82 Å². The van der Waals surface area contributed by atoms with Gasteiger partial charge in [0.15, 0.2) is 5.82 Å². The maximum absolute atomic E-state index is 12.7. The summed E-state index contributed by atoms with van der Waals surface area (Å²) >= 11 is 0. The van der Waals surface area contributed by atoms with Crippen LogP contribution < -0.4 is 20.3 Å². The standard InChI is InChI=1S/C20H21N3O3/c1-3-26-17-9-7-16(8-10-17)23-12-11-21-19(20(23)24)22-14-15-5-4-6-18(13-15)25-2/h4-13H,3,14H2,1-2H3,(H,21,22). The van der Waals surface area contributed by atoms with Gasteiger partial charge in [0.1, 0.15) is 11.5 Å². The molecule has 0 atom stereocenters. The van der Waals surface area contributed by atoms with Gasteiger partial charge in [-0.3, -0.25) is 9.36 Å². The Labute approximate surface area is 152 Å². The van der Waals surface area contributed by atoms with Crippen LogP contribution in [0.25, 0.3) is 5.69 Å². The topological polar surface area (TPSA) is 65.4 Å². The molecule has 0 saturated carbocycles. The third-order valence-corrected chi connectivity index (χ3v) is 3.86. The van der Waals surface area contributed by atoms with Gasteiger partial charge < -0.3 is 14.8 Å². The third-order valence-electron chi connectivity index (χ3n) is 3.86. The monoisotopic (exact) mass is 351 g/mol. The van der Waals surface area contributed by atoms with E-state index in [9.17, 15) is 4.79 Å². The number of nitrogens with zero attached hydrogens (tertiary/aromatic N) is 2. The summed E-state index contributed by atoms with van der Waals surface area (Å²) in [5.41, 5.74) is 1.55. The fourth-order valence-corrected chi connectivity index (χ4v) is 2.57. The van der Waals surface area contributed by atoms with Gasteiger partial charge in [-0.05, 0) is 48.9 Å². The van der Waals surface area contributed by atoms with E-state index in [1.54, 1.807) is 24.1 Å². The van der Waals surface area contributed by atoms with Crippen molar-refractivity contribution in [3.05, 3.63) is 76.8 Å². The van der Waals surface area contributed by atoms with E-state index in [0.717, 1.165) is 22.7 Å². The van der Waals surface area contributed by atoms with E-state index >= 15 is 0 Å². The van der Waals surface area contributed by atoms with Gasteiger partial charge in [0.2, 0.25) is 0 Å². The molecule has 0 amide bonds. The highest BCUT2D eigenvalue weighted by molar-refractivity contribution is 5.41. The number of aromatic nitrogens is 2. The van der Waals surface area contributed by atoms with E-state index in [4.69, 9.17) is 9.47 Å². The summed E-state index contributed by atoms with van der Waals surface area (Å²) in [6.45, 7) is 3.02. The van der Waals surface area contributed by atoms with Gasteiger partial charge in [0.25, 0.3) is 5.56 Å². The fraction of sp³-hybridized carbons (Fsp3) is 0.200. The highest BCUT2D eigenvalue weighted by atomic mass is 16.5. The molecule has 6 nitrogen and oxygen atoms in total. The van der Waals surface area contributed by atoms with Gasteiger partial charge in [-0.25, -0.2) is 4.98 Å². The van der Waals surface area contributed by atoms with Crippen molar-refractivity contribution in [1.29, 1.82) is 0 Å². The first-order valence-electron chi connectivity index (χ1n) is 8.39. The third kappa shape index (κ3) is 4.03. The van der Waals surface area contributed by atoms with Crippen LogP contribution in [0.4, 0.5) is 5.82 Å². The van der Waals surface area contributed by atoms with Crippen molar-refractivity contribution in [1.82, 2.24) is 9.55 Å². The largest absolute Gasteiger partial charge is 0.497 e. The molecule has 6 heteroatoms. The smallest absolute Gasteiger partial charge is 0.297 e. The Kier molecular flexibility index (Phi) is 5.53. The minimum atomic E-state index is -0.209. The van der Waals surface area contributed by atoms with Crippen molar-refractivity contribution in [3.63, 3.8) is 0 Å². The van der Waals surface area contributed by atoms with E-state index in [1.807, 2.05) is 55.5 Å². The number of hydrogen-bond acceptors (Lipinski definition) is 5. The zero-order chi connectivity index (χ0) is 18.4. The molecule has 0 unspecified atom stereocenters. The Bertz CT molecular complexity index is 920. The van der Waals surface area contributed by atoms with Crippen molar-refractivity contribution in [2.45, 2.75) is 13.5 Å². The fourth-order valence-electron chi connectivity index (χ4n) is 2.57. The first-order chi connectivity index (χ1) is 12.7. The van der Waals surface area contributed by atoms with Crippen molar-refractivity contribution in [2.24, 2.45) is 0 Å². The number of benzene rings is 2. The van der Waals surface area contributed by atoms with Crippen LogP contribution in [0.3, 0.4) is 0 Å². The summed E-state index contributed by atoms with van der Waals surface area (Å²) in [5, 5.41) is 3.10. The molecule has 3 aromatic rings. The maximum atomic E-state index is 12.7. The predicted molar refractivity (Wildman–Crippen MR) is 101 cm³/mol. The van der Waals surface area contributed by atoms with Gasteiger partial charge in [-0.15, -0.1) is 0 Å². The second-order valence-electron chi connectivity index (χ2n) is 5.58. The van der Waals surface area contributed by atoms with E-state index in [2.05, 4.69) is 10.3 Å². The average molecular weight is 351 g/mol. The SMILES string of the molecule is CCOc1ccc(-n2ccnc(NCc3cccc(OC)c3)c2=O)cc1. The lowest BCUT2D eigenvalue weighted by Gasteiger charge is -2.10. The molecule has 134 valence electrons. The minimum Gasteiger partial charge on any atom is -0.497 e. The molecule has 0 spiro atoms. The molecular weight excluding hydrogens is 330 g/mol. The normalized spacial score (nSPS) is 10.4. The first-order valence-corrected chi connectivity index (χ1v) is 8.39. The molecule has 0 fully saturated rings. The molecule has 1 N–H and O–H groups in total. The Morgan fingerprint density at radius 3 is 2.65 bits per heavy atom. The maximum Gasteiger partial charge on any atom is 0.297 e. The number of anilines is 1. The lowest BCUT2D eigenvalue weighted by atomic mass is 10.2. The number of nitrogens with one attached hydrogen (secondary N) is 1. The summed E-state index contributed by atoms with van der Waals surface area (Å²) in [6.07, 6.45) is 3.25. The second-order valence-corrected chi connectivity index (χ2v) is 5.58. The molecule has 2 aromatic carbocycles. The number of hydrogen-bond donors (Lipinski definition) is 1. The molecule has 0 bridgehead atoms. The highest BCUT2D eigenvalue weighted by Crippen LogP contribution is 2.15. The lowest BCUT2D eigenvalue weighted by Crippen LogP contribution is -2.23. The summed E-state index contributed by atoms with van der Waals surface area (Å²) in [7, 11) is 1.63. The molecule has 3 rings (SSSR count). The van der Waals surface area contributed by atoms with E-state index in [-0.39, 0.29) is 5.56 Å². The van der Waals surface area contributed by atoms with Gasteiger partial charge in [-0.2, -0.15) is 0 Å². The zero-order valence-electron chi connectivity index (χ0n) is 14.8. The number of rotatable bonds is 7. The lowest BCUT2D eigenvalue weighted by molar-refractivity contribution is 0.340. The summed E-state index contributed by atoms with van der Waals surface area (Å²) in [5.74, 6) is 1.84. The van der Waals surface area contributed by atoms with Crippen LogP contribution in [0.5, 0.6) is 11.5 Å². The zero-order valence-corrected chi connectivity index (χ0v) is 14.8. The van der Waals surface area contributed by atoms with Crippen molar-refractivity contribution in [3.8, 4) is 17.2 Å². The van der Waals surface area contributed by atoms with Gasteiger partial charge >= 0.3 is 0 Å². The molecule has 0 saturated heterocycles. The number of ether oxygens (including phenoxy) is 2. The molecular formula is C20H21N3O3. The van der Waals surface area contributed by atoms with Gasteiger partial charge in [0.05, 0.1) is 13.7 Å². The highest BCUT2D eigenvalue weighted by Gasteiger charge is 2.07. The van der Waals surface area contributed by atoms with Crippen LogP contribution in [0, 0.1) is 0 Å². The summed E-state index contributed by atoms with van der Waals surface area (Å²) < 4.78 is 12.2. The van der Waals surface area contributed by atoms with Crippen molar-refractivity contribution < 1.29 is 9.47 Å². The van der Waals surface area contributed by atoms with Crippen LogP contribution in [0.15, 0.2) is 65.7 Å². The van der Waals surface area contributed by atoms with Crippen LogP contribution in [0.1, 0.15) is 12.5 Å². The predicted octanol–water partition coefficient (Wildman–Crippen LogP) is 3.25. The number of methoxy groups -OCH3 is 1. The summed E-state index contributed by atoms with van der Waals surface area (Å²) in [4.78, 5) is 16.9. The van der Waals surface area contributed by atoms with E-state index in [1.165, 1.54) is 0 Å². The molecule has 26 heavy (non-hydrogen) atoms. The molecule has 0 aliphatic carbocycles. The first kappa shape index (κ1) is 17.5. The Morgan fingerprint density at radius 1 is 1.12 bits per heavy atom. The van der Waals surface area contributed by atoms with Gasteiger partial charge in [0, 0.05) is 24.6 Å². The minimum absolute atomic E-state index is 0.209. The average Bonchev–Trinajstić information content (AvgIpc) is 2.68. The van der Waals surface area contributed by atoms with E-state index < -0.39 is 0 Å². The molecule has 1 heterocycles. The second kappa shape index (κ2) is 8.20. The van der Waals surface area contributed by atoms with Crippen LogP contribution in [-0.2, 0) is 6.54 Å². The molecule has 0 radical (unpaired) electrons. The summed E-state index contributed by atoms with van der Waals surface area (Å²) in [6, 6.07) is 15.0. The van der Waals surface area contributed by atoms with Crippen LogP contribution in [-0.4, -0.2) is 23.3 Å². The molecule has 0 aliphatic heterocycles.